The van der Waals surface area contributed by atoms with Crippen molar-refractivity contribution in [1.82, 2.24) is 0 Å². The summed E-state index contributed by atoms with van der Waals surface area (Å²) in [6, 6.07) is 0. The number of fused-ring (bicyclic) bond motifs is 1. The van der Waals surface area contributed by atoms with E-state index in [0.29, 0.717) is 17.6 Å². The van der Waals surface area contributed by atoms with Crippen molar-refractivity contribution in [3.05, 3.63) is 0 Å². The lowest BCUT2D eigenvalue weighted by Gasteiger charge is -2.26. The molecule has 1 saturated heterocycles. The molecule has 0 aromatic heterocycles. The van der Waals surface area contributed by atoms with Crippen LogP contribution in [0.5, 0.6) is 0 Å². The SMILES string of the molecule is COCC1(CBr)CC2OC2C1. The van der Waals surface area contributed by atoms with Gasteiger partial charge in [-0.15, -0.1) is 0 Å². The summed E-state index contributed by atoms with van der Waals surface area (Å²) in [4.78, 5) is 0. The number of hydrogen-bond acceptors (Lipinski definition) is 2. The Morgan fingerprint density at radius 3 is 2.64 bits per heavy atom. The van der Waals surface area contributed by atoms with Gasteiger partial charge >= 0.3 is 0 Å². The molecule has 0 amide bonds. The van der Waals surface area contributed by atoms with Gasteiger partial charge in [-0.25, -0.2) is 0 Å². The number of rotatable bonds is 3. The second-order valence-electron chi connectivity index (χ2n) is 3.69. The molecule has 2 nitrogen and oxygen atoms in total. The molecule has 2 aliphatic rings. The van der Waals surface area contributed by atoms with Gasteiger partial charge < -0.3 is 9.47 Å². The van der Waals surface area contributed by atoms with E-state index in [0.717, 1.165) is 11.9 Å². The summed E-state index contributed by atoms with van der Waals surface area (Å²) in [6.07, 6.45) is 3.47. The molecule has 0 spiro atoms. The predicted molar refractivity (Wildman–Crippen MR) is 46.0 cm³/mol. The molecule has 0 radical (unpaired) electrons. The minimum absolute atomic E-state index is 0.377. The number of methoxy groups -OCH3 is 1. The van der Waals surface area contributed by atoms with Gasteiger partial charge in [0.1, 0.15) is 0 Å². The average molecular weight is 221 g/mol. The van der Waals surface area contributed by atoms with Crippen LogP contribution in [-0.2, 0) is 9.47 Å². The molecule has 1 heterocycles. The van der Waals surface area contributed by atoms with E-state index < -0.39 is 0 Å². The van der Waals surface area contributed by atoms with Crippen molar-refractivity contribution < 1.29 is 9.47 Å². The zero-order chi connectivity index (χ0) is 7.90. The first-order valence-corrected chi connectivity index (χ1v) is 5.12. The lowest BCUT2D eigenvalue weighted by atomic mass is 9.89. The maximum absolute atomic E-state index is 5.38. The molecule has 2 rings (SSSR count). The first-order valence-electron chi connectivity index (χ1n) is 4.00. The van der Waals surface area contributed by atoms with E-state index in [9.17, 15) is 0 Å². The van der Waals surface area contributed by atoms with Crippen molar-refractivity contribution in [2.45, 2.75) is 25.0 Å². The average Bonchev–Trinajstić information content (AvgIpc) is 2.61. The van der Waals surface area contributed by atoms with Gasteiger partial charge in [0.2, 0.25) is 0 Å². The van der Waals surface area contributed by atoms with Crippen LogP contribution < -0.4 is 0 Å². The van der Waals surface area contributed by atoms with Crippen LogP contribution in [0.3, 0.4) is 0 Å². The highest BCUT2D eigenvalue weighted by molar-refractivity contribution is 9.09. The van der Waals surface area contributed by atoms with Gasteiger partial charge in [-0.1, -0.05) is 15.9 Å². The van der Waals surface area contributed by atoms with Crippen molar-refractivity contribution >= 4 is 15.9 Å². The molecule has 1 aliphatic carbocycles. The third-order valence-electron chi connectivity index (χ3n) is 2.69. The van der Waals surface area contributed by atoms with Gasteiger partial charge in [0, 0.05) is 17.9 Å². The number of ether oxygens (including phenoxy) is 2. The Morgan fingerprint density at radius 1 is 1.55 bits per heavy atom. The van der Waals surface area contributed by atoms with E-state index in [4.69, 9.17) is 9.47 Å². The Bertz CT molecular complexity index is 150. The fraction of sp³-hybridized carbons (Fsp3) is 1.00. The molecule has 0 N–H and O–H groups in total. The van der Waals surface area contributed by atoms with Crippen LogP contribution >= 0.6 is 15.9 Å². The van der Waals surface area contributed by atoms with Crippen molar-refractivity contribution in [3.63, 3.8) is 0 Å². The Balaban J connectivity index is 1.96. The fourth-order valence-corrected chi connectivity index (χ4v) is 2.67. The van der Waals surface area contributed by atoms with Crippen LogP contribution in [0.4, 0.5) is 0 Å². The molecular formula is C8H13BrO2. The van der Waals surface area contributed by atoms with Crippen molar-refractivity contribution in [1.29, 1.82) is 0 Å². The monoisotopic (exact) mass is 220 g/mol. The second-order valence-corrected chi connectivity index (χ2v) is 4.25. The van der Waals surface area contributed by atoms with Gasteiger partial charge in [-0.3, -0.25) is 0 Å². The van der Waals surface area contributed by atoms with Gasteiger partial charge in [-0.05, 0) is 12.8 Å². The fourth-order valence-electron chi connectivity index (χ4n) is 2.05. The number of halogens is 1. The summed E-state index contributed by atoms with van der Waals surface area (Å²) >= 11 is 3.55. The number of alkyl halides is 1. The molecule has 1 aliphatic heterocycles. The molecular weight excluding hydrogens is 208 g/mol. The van der Waals surface area contributed by atoms with Crippen LogP contribution in [-0.4, -0.2) is 31.3 Å². The van der Waals surface area contributed by atoms with Crippen molar-refractivity contribution in [3.8, 4) is 0 Å². The third kappa shape index (κ3) is 1.34. The molecule has 0 aromatic rings. The van der Waals surface area contributed by atoms with E-state index in [2.05, 4.69) is 15.9 Å². The van der Waals surface area contributed by atoms with E-state index in [1.165, 1.54) is 12.8 Å². The van der Waals surface area contributed by atoms with Crippen LogP contribution in [0.2, 0.25) is 0 Å². The van der Waals surface area contributed by atoms with Crippen LogP contribution in [0.25, 0.3) is 0 Å². The summed E-state index contributed by atoms with van der Waals surface area (Å²) < 4.78 is 10.6. The molecule has 2 unspecified atom stereocenters. The normalized spacial score (nSPS) is 47.5. The lowest BCUT2D eigenvalue weighted by molar-refractivity contribution is 0.0709. The van der Waals surface area contributed by atoms with Gasteiger partial charge in [0.25, 0.3) is 0 Å². The molecule has 3 heteroatoms. The Labute approximate surface area is 75.4 Å². The van der Waals surface area contributed by atoms with Crippen LogP contribution in [0.1, 0.15) is 12.8 Å². The number of epoxide rings is 1. The maximum Gasteiger partial charge on any atom is 0.0848 e. The maximum atomic E-state index is 5.38. The first kappa shape index (κ1) is 8.02. The molecule has 2 fully saturated rings. The van der Waals surface area contributed by atoms with Crippen LogP contribution in [0.15, 0.2) is 0 Å². The van der Waals surface area contributed by atoms with E-state index >= 15 is 0 Å². The summed E-state index contributed by atoms with van der Waals surface area (Å²) in [5.41, 5.74) is 0.377. The van der Waals surface area contributed by atoms with Gasteiger partial charge in [-0.2, -0.15) is 0 Å². The second kappa shape index (κ2) is 2.71. The minimum Gasteiger partial charge on any atom is -0.384 e. The molecule has 11 heavy (non-hydrogen) atoms. The minimum atomic E-state index is 0.377. The molecule has 64 valence electrons. The molecule has 0 bridgehead atoms. The summed E-state index contributed by atoms with van der Waals surface area (Å²) in [7, 11) is 1.77. The predicted octanol–water partition coefficient (Wildman–Crippen LogP) is 1.58. The Kier molecular flexibility index (Phi) is 1.98. The number of hydrogen-bond donors (Lipinski definition) is 0. The Morgan fingerprint density at radius 2 is 2.18 bits per heavy atom. The summed E-state index contributed by atoms with van der Waals surface area (Å²) in [5.74, 6) is 0. The summed E-state index contributed by atoms with van der Waals surface area (Å²) in [6.45, 7) is 0.870. The molecule has 0 aromatic carbocycles. The standard InChI is InChI=1S/C8H13BrO2/c1-10-5-8(4-9)2-6-7(3-8)11-6/h6-7H,2-5H2,1H3. The first-order chi connectivity index (χ1) is 5.29. The van der Waals surface area contributed by atoms with Crippen molar-refractivity contribution in [2.75, 3.05) is 19.0 Å². The van der Waals surface area contributed by atoms with Gasteiger partial charge in [0.15, 0.2) is 0 Å². The van der Waals surface area contributed by atoms with E-state index in [-0.39, 0.29) is 0 Å². The molecule has 2 atom stereocenters. The van der Waals surface area contributed by atoms with Crippen LogP contribution in [0, 0.1) is 5.41 Å². The highest BCUT2D eigenvalue weighted by Gasteiger charge is 2.55. The van der Waals surface area contributed by atoms with E-state index in [1.54, 1.807) is 7.11 Å². The van der Waals surface area contributed by atoms with Crippen molar-refractivity contribution in [2.24, 2.45) is 5.41 Å². The largest absolute Gasteiger partial charge is 0.384 e. The summed E-state index contributed by atoms with van der Waals surface area (Å²) in [5, 5.41) is 1.05. The van der Waals surface area contributed by atoms with E-state index in [1.807, 2.05) is 0 Å². The topological polar surface area (TPSA) is 21.8 Å². The smallest absolute Gasteiger partial charge is 0.0848 e. The lowest BCUT2D eigenvalue weighted by Crippen LogP contribution is -2.27. The quantitative estimate of drug-likeness (QED) is 0.533. The Hall–Kier alpha value is 0.400. The highest BCUT2D eigenvalue weighted by Crippen LogP contribution is 2.50. The third-order valence-corrected chi connectivity index (χ3v) is 3.88. The molecule has 1 saturated carbocycles. The van der Waals surface area contributed by atoms with Gasteiger partial charge in [0.05, 0.1) is 18.8 Å². The zero-order valence-corrected chi connectivity index (χ0v) is 8.26. The zero-order valence-electron chi connectivity index (χ0n) is 6.68. The highest BCUT2D eigenvalue weighted by atomic mass is 79.9.